The summed E-state index contributed by atoms with van der Waals surface area (Å²) >= 11 is 12.1. The van der Waals surface area contributed by atoms with Crippen LogP contribution in [-0.2, 0) is 0 Å². The molecule has 0 spiro atoms. The van der Waals surface area contributed by atoms with Gasteiger partial charge in [0.05, 0.1) is 10.7 Å². The van der Waals surface area contributed by atoms with E-state index in [0.717, 1.165) is 11.1 Å². The first kappa shape index (κ1) is 14.7. The molecule has 0 aliphatic heterocycles. The van der Waals surface area contributed by atoms with Gasteiger partial charge in [-0.2, -0.15) is 0 Å². The van der Waals surface area contributed by atoms with Gasteiger partial charge in [-0.05, 0) is 55.3 Å². The van der Waals surface area contributed by atoms with Crippen molar-refractivity contribution in [3.63, 3.8) is 0 Å². The molecule has 0 atom stereocenters. The highest BCUT2D eigenvalue weighted by molar-refractivity contribution is 6.36. The van der Waals surface area contributed by atoms with E-state index >= 15 is 0 Å². The van der Waals surface area contributed by atoms with Gasteiger partial charge >= 0.3 is 0 Å². The Morgan fingerprint density at radius 2 is 1.75 bits per heavy atom. The molecule has 104 valence electrons. The Hall–Kier alpha value is -1.71. The van der Waals surface area contributed by atoms with Gasteiger partial charge in [0, 0.05) is 16.3 Å². The van der Waals surface area contributed by atoms with E-state index in [-0.39, 0.29) is 5.91 Å². The van der Waals surface area contributed by atoms with Crippen LogP contribution in [-0.4, -0.2) is 5.91 Å². The van der Waals surface area contributed by atoms with Gasteiger partial charge in [0.25, 0.3) is 5.91 Å². The number of hydrogen-bond donors (Lipinski definition) is 2. The van der Waals surface area contributed by atoms with Crippen LogP contribution in [0.3, 0.4) is 0 Å². The highest BCUT2D eigenvalue weighted by Crippen LogP contribution is 2.29. The van der Waals surface area contributed by atoms with Crippen LogP contribution < -0.4 is 11.1 Å². The van der Waals surface area contributed by atoms with Crippen molar-refractivity contribution in [2.24, 2.45) is 0 Å². The highest BCUT2D eigenvalue weighted by atomic mass is 35.5. The van der Waals surface area contributed by atoms with Crippen molar-refractivity contribution in [2.45, 2.75) is 13.8 Å². The number of hydrogen-bond acceptors (Lipinski definition) is 2. The first-order valence-corrected chi connectivity index (χ1v) is 6.76. The predicted molar refractivity (Wildman–Crippen MR) is 84.7 cm³/mol. The van der Waals surface area contributed by atoms with E-state index in [2.05, 4.69) is 5.32 Å². The van der Waals surface area contributed by atoms with E-state index in [1.165, 1.54) is 0 Å². The Balaban J connectivity index is 2.30. The summed E-state index contributed by atoms with van der Waals surface area (Å²) in [6, 6.07) is 8.52. The minimum Gasteiger partial charge on any atom is -0.399 e. The molecule has 3 N–H and O–H groups in total. The van der Waals surface area contributed by atoms with Gasteiger partial charge in [-0.3, -0.25) is 4.79 Å². The molecule has 20 heavy (non-hydrogen) atoms. The van der Waals surface area contributed by atoms with E-state index in [9.17, 15) is 4.79 Å². The number of nitrogen functional groups attached to an aromatic ring is 1. The van der Waals surface area contributed by atoms with Crippen molar-refractivity contribution in [1.29, 1.82) is 0 Å². The second kappa shape index (κ2) is 5.73. The molecule has 5 heteroatoms. The molecule has 0 fully saturated rings. The number of nitrogens with two attached hydrogens (primary N) is 1. The normalized spacial score (nSPS) is 10.4. The van der Waals surface area contributed by atoms with Crippen molar-refractivity contribution in [3.8, 4) is 0 Å². The zero-order valence-corrected chi connectivity index (χ0v) is 12.6. The average Bonchev–Trinajstić information content (AvgIpc) is 2.34. The molecule has 0 radical (unpaired) electrons. The molecule has 0 unspecified atom stereocenters. The number of carbonyl (C=O) groups is 1. The number of rotatable bonds is 2. The third kappa shape index (κ3) is 3.24. The van der Waals surface area contributed by atoms with Crippen LogP contribution in [0.2, 0.25) is 10.0 Å². The maximum absolute atomic E-state index is 12.2. The van der Waals surface area contributed by atoms with Crippen molar-refractivity contribution in [1.82, 2.24) is 0 Å². The number of carbonyl (C=O) groups excluding carboxylic acids is 1. The van der Waals surface area contributed by atoms with Crippen molar-refractivity contribution in [2.75, 3.05) is 11.1 Å². The van der Waals surface area contributed by atoms with Crippen LogP contribution in [0.15, 0.2) is 30.3 Å². The number of halogens is 2. The maximum atomic E-state index is 12.2. The van der Waals surface area contributed by atoms with E-state index in [0.29, 0.717) is 27.0 Å². The summed E-state index contributed by atoms with van der Waals surface area (Å²) in [6.07, 6.45) is 0. The summed E-state index contributed by atoms with van der Waals surface area (Å²) in [4.78, 5) is 12.2. The fourth-order valence-corrected chi connectivity index (χ4v) is 2.31. The quantitative estimate of drug-likeness (QED) is 0.806. The molecule has 0 bridgehead atoms. The Bertz CT molecular complexity index is 664. The van der Waals surface area contributed by atoms with Crippen LogP contribution in [0, 0.1) is 13.8 Å². The molecule has 0 aliphatic carbocycles. The van der Waals surface area contributed by atoms with Gasteiger partial charge in [0.15, 0.2) is 0 Å². The second-order valence-corrected chi connectivity index (χ2v) is 5.48. The summed E-state index contributed by atoms with van der Waals surface area (Å²) < 4.78 is 0. The summed E-state index contributed by atoms with van der Waals surface area (Å²) in [6.45, 7) is 3.73. The molecule has 0 heterocycles. The van der Waals surface area contributed by atoms with Crippen molar-refractivity contribution < 1.29 is 4.79 Å². The van der Waals surface area contributed by atoms with Gasteiger partial charge < -0.3 is 11.1 Å². The predicted octanol–water partition coefficient (Wildman–Crippen LogP) is 4.44. The van der Waals surface area contributed by atoms with Gasteiger partial charge in [-0.25, -0.2) is 0 Å². The number of amides is 1. The number of aryl methyl sites for hydroxylation is 2. The Kier molecular flexibility index (Phi) is 4.21. The van der Waals surface area contributed by atoms with Gasteiger partial charge in [0.2, 0.25) is 0 Å². The standard InChI is InChI=1S/C15H14Cl2N2O/c1-8-3-10(6-11(18)4-8)15(20)19-14-7-12(16)9(2)5-13(14)17/h3-7H,18H2,1-2H3,(H,19,20). The minimum atomic E-state index is -0.276. The van der Waals surface area contributed by atoms with Crippen molar-refractivity contribution >= 4 is 40.5 Å². The third-order valence-electron chi connectivity index (χ3n) is 2.86. The van der Waals surface area contributed by atoms with Crippen LogP contribution in [0.5, 0.6) is 0 Å². The van der Waals surface area contributed by atoms with Crippen LogP contribution >= 0.6 is 23.2 Å². The lowest BCUT2D eigenvalue weighted by molar-refractivity contribution is 0.102. The van der Waals surface area contributed by atoms with Crippen LogP contribution in [0.4, 0.5) is 11.4 Å². The van der Waals surface area contributed by atoms with E-state index < -0.39 is 0 Å². The number of benzene rings is 2. The third-order valence-corrected chi connectivity index (χ3v) is 3.58. The lowest BCUT2D eigenvalue weighted by atomic mass is 10.1. The molecule has 2 aromatic carbocycles. The molecule has 0 aliphatic rings. The topological polar surface area (TPSA) is 55.1 Å². The molecule has 3 nitrogen and oxygen atoms in total. The largest absolute Gasteiger partial charge is 0.399 e. The Morgan fingerprint density at radius 1 is 1.05 bits per heavy atom. The van der Waals surface area contributed by atoms with E-state index in [1.807, 2.05) is 13.8 Å². The molecular weight excluding hydrogens is 295 g/mol. The van der Waals surface area contributed by atoms with E-state index in [1.54, 1.807) is 30.3 Å². The Morgan fingerprint density at radius 3 is 2.40 bits per heavy atom. The fraction of sp³-hybridized carbons (Fsp3) is 0.133. The molecule has 1 amide bonds. The fourth-order valence-electron chi connectivity index (χ4n) is 1.88. The van der Waals surface area contributed by atoms with Crippen molar-refractivity contribution in [3.05, 3.63) is 57.1 Å². The lowest BCUT2D eigenvalue weighted by Crippen LogP contribution is -2.13. The molecule has 0 saturated carbocycles. The zero-order valence-electron chi connectivity index (χ0n) is 11.1. The number of nitrogens with one attached hydrogen (secondary N) is 1. The van der Waals surface area contributed by atoms with Crippen LogP contribution in [0.25, 0.3) is 0 Å². The summed E-state index contributed by atoms with van der Waals surface area (Å²) in [5.41, 5.74) is 9.02. The molecule has 0 saturated heterocycles. The molecule has 0 aromatic heterocycles. The lowest BCUT2D eigenvalue weighted by Gasteiger charge is -2.10. The first-order chi connectivity index (χ1) is 9.36. The SMILES string of the molecule is Cc1cc(N)cc(C(=O)Nc2cc(Cl)c(C)cc2Cl)c1. The zero-order chi connectivity index (χ0) is 14.9. The number of anilines is 2. The first-order valence-electron chi connectivity index (χ1n) is 6.01. The monoisotopic (exact) mass is 308 g/mol. The molecular formula is C15H14Cl2N2O. The second-order valence-electron chi connectivity index (χ2n) is 4.67. The smallest absolute Gasteiger partial charge is 0.255 e. The average molecular weight is 309 g/mol. The molecule has 2 aromatic rings. The summed E-state index contributed by atoms with van der Waals surface area (Å²) in [5.74, 6) is -0.276. The van der Waals surface area contributed by atoms with E-state index in [4.69, 9.17) is 28.9 Å². The Labute approximate surface area is 127 Å². The van der Waals surface area contributed by atoms with Gasteiger partial charge in [-0.1, -0.05) is 23.2 Å². The molecule has 2 rings (SSSR count). The van der Waals surface area contributed by atoms with Gasteiger partial charge in [0.1, 0.15) is 0 Å². The summed E-state index contributed by atoms with van der Waals surface area (Å²) in [7, 11) is 0. The van der Waals surface area contributed by atoms with Gasteiger partial charge in [-0.15, -0.1) is 0 Å². The highest BCUT2D eigenvalue weighted by Gasteiger charge is 2.11. The maximum Gasteiger partial charge on any atom is 0.255 e. The van der Waals surface area contributed by atoms with Crippen LogP contribution in [0.1, 0.15) is 21.5 Å². The minimum absolute atomic E-state index is 0.276. The summed E-state index contributed by atoms with van der Waals surface area (Å²) in [5, 5.41) is 3.73.